The van der Waals surface area contributed by atoms with Gasteiger partial charge in [-0.2, -0.15) is 5.10 Å². The molecule has 1 unspecified atom stereocenters. The van der Waals surface area contributed by atoms with Crippen molar-refractivity contribution in [3.63, 3.8) is 0 Å². The second-order valence-electron chi connectivity index (χ2n) is 4.67. The van der Waals surface area contributed by atoms with Crippen LogP contribution in [0.1, 0.15) is 25.6 Å². The zero-order valence-corrected chi connectivity index (χ0v) is 13.8. The molecular formula is C15H18BrN3O2. The molecule has 0 radical (unpaired) electrons. The fraction of sp³-hybridized carbons (Fsp3) is 0.333. The van der Waals surface area contributed by atoms with Gasteiger partial charge in [0.05, 0.1) is 16.8 Å². The van der Waals surface area contributed by atoms with Crippen molar-refractivity contribution < 1.29 is 9.53 Å². The first-order chi connectivity index (χ1) is 10.0. The number of ether oxygens (including phenoxy) is 1. The van der Waals surface area contributed by atoms with Gasteiger partial charge < -0.3 is 10.1 Å². The second kappa shape index (κ2) is 6.76. The Balaban J connectivity index is 2.03. The summed E-state index contributed by atoms with van der Waals surface area (Å²) in [6.07, 6.45) is 1.80. The van der Waals surface area contributed by atoms with Gasteiger partial charge in [0.1, 0.15) is 11.8 Å². The summed E-state index contributed by atoms with van der Waals surface area (Å²) in [5.41, 5.74) is 1.59. The number of nitrogens with one attached hydrogen (secondary N) is 1. The number of aryl methyl sites for hydroxylation is 1. The normalized spacial score (nSPS) is 12.0. The van der Waals surface area contributed by atoms with Crippen LogP contribution in [0.2, 0.25) is 0 Å². The van der Waals surface area contributed by atoms with E-state index in [2.05, 4.69) is 26.3 Å². The van der Waals surface area contributed by atoms with Crippen molar-refractivity contribution in [2.45, 2.75) is 26.8 Å². The lowest BCUT2D eigenvalue weighted by Crippen LogP contribution is -2.24. The van der Waals surface area contributed by atoms with Gasteiger partial charge in [0.25, 0.3) is 0 Å². The van der Waals surface area contributed by atoms with Gasteiger partial charge in [-0.05, 0) is 61.0 Å². The van der Waals surface area contributed by atoms with Crippen LogP contribution in [0.15, 0.2) is 34.9 Å². The van der Waals surface area contributed by atoms with E-state index in [1.54, 1.807) is 10.9 Å². The summed E-state index contributed by atoms with van der Waals surface area (Å²) in [6, 6.07) is 6.91. The number of anilines is 1. The van der Waals surface area contributed by atoms with Crippen LogP contribution in [0.3, 0.4) is 0 Å². The first kappa shape index (κ1) is 15.6. The van der Waals surface area contributed by atoms with Crippen LogP contribution in [-0.4, -0.2) is 22.3 Å². The van der Waals surface area contributed by atoms with Gasteiger partial charge in [0.15, 0.2) is 0 Å². The first-order valence-corrected chi connectivity index (χ1v) is 7.55. The summed E-state index contributed by atoms with van der Waals surface area (Å²) in [5, 5.41) is 7.17. The Labute approximate surface area is 132 Å². The highest BCUT2D eigenvalue weighted by molar-refractivity contribution is 9.10. The Morgan fingerprint density at radius 2 is 2.10 bits per heavy atom. The molecule has 0 spiro atoms. The average molecular weight is 352 g/mol. The lowest BCUT2D eigenvalue weighted by Gasteiger charge is -2.13. The molecule has 5 nitrogen and oxygen atoms in total. The molecule has 1 atom stereocenters. The van der Waals surface area contributed by atoms with E-state index in [0.29, 0.717) is 6.61 Å². The fourth-order valence-corrected chi connectivity index (χ4v) is 2.11. The summed E-state index contributed by atoms with van der Waals surface area (Å²) < 4.78 is 7.90. The lowest BCUT2D eigenvalue weighted by atomic mass is 10.2. The van der Waals surface area contributed by atoms with Crippen molar-refractivity contribution in [1.82, 2.24) is 9.78 Å². The van der Waals surface area contributed by atoms with E-state index in [0.717, 1.165) is 21.6 Å². The number of benzene rings is 1. The molecular weight excluding hydrogens is 334 g/mol. The van der Waals surface area contributed by atoms with Crippen molar-refractivity contribution in [2.75, 3.05) is 11.9 Å². The molecule has 1 aromatic carbocycles. The molecule has 112 valence electrons. The lowest BCUT2D eigenvalue weighted by molar-refractivity contribution is -0.119. The molecule has 21 heavy (non-hydrogen) atoms. The number of aromatic nitrogens is 2. The Morgan fingerprint density at radius 3 is 2.62 bits per heavy atom. The van der Waals surface area contributed by atoms with E-state index >= 15 is 0 Å². The van der Waals surface area contributed by atoms with Crippen molar-refractivity contribution in [1.29, 1.82) is 0 Å². The summed E-state index contributed by atoms with van der Waals surface area (Å²) in [5.74, 6) is 0.671. The van der Waals surface area contributed by atoms with E-state index in [-0.39, 0.29) is 11.9 Å². The zero-order chi connectivity index (χ0) is 15.4. The van der Waals surface area contributed by atoms with E-state index in [4.69, 9.17) is 4.74 Å². The predicted octanol–water partition coefficient (Wildman–Crippen LogP) is 3.55. The molecule has 0 aliphatic carbocycles. The minimum atomic E-state index is -0.387. The summed E-state index contributed by atoms with van der Waals surface area (Å²) in [4.78, 5) is 12.2. The maximum absolute atomic E-state index is 12.2. The molecule has 0 saturated carbocycles. The Hall–Kier alpha value is -1.82. The van der Waals surface area contributed by atoms with Crippen LogP contribution >= 0.6 is 15.9 Å². The molecule has 0 fully saturated rings. The minimum absolute atomic E-state index is 0.117. The molecule has 0 bridgehead atoms. The molecule has 2 aromatic rings. The molecule has 1 N–H and O–H groups in total. The molecule has 0 aliphatic heterocycles. The van der Waals surface area contributed by atoms with Crippen LogP contribution in [0, 0.1) is 6.92 Å². The minimum Gasteiger partial charge on any atom is -0.494 e. The number of carbonyl (C=O) groups excluding carboxylic acids is 1. The quantitative estimate of drug-likeness (QED) is 0.895. The molecule has 6 heteroatoms. The predicted molar refractivity (Wildman–Crippen MR) is 85.6 cm³/mol. The van der Waals surface area contributed by atoms with Gasteiger partial charge in [-0.25, -0.2) is 0 Å². The van der Waals surface area contributed by atoms with E-state index in [1.807, 2.05) is 45.0 Å². The van der Waals surface area contributed by atoms with Crippen LogP contribution in [0.4, 0.5) is 5.69 Å². The van der Waals surface area contributed by atoms with Gasteiger partial charge >= 0.3 is 0 Å². The Kier molecular flexibility index (Phi) is 5.01. The number of carbonyl (C=O) groups is 1. The standard InChI is InChI=1S/C15H18BrN3O2/c1-4-21-13-7-5-12(6-8-13)17-15(20)11(3)19-9-14(16)10(2)18-19/h5-9,11H,4H2,1-3H3,(H,17,20). The smallest absolute Gasteiger partial charge is 0.248 e. The van der Waals surface area contributed by atoms with Crippen LogP contribution in [-0.2, 0) is 4.79 Å². The summed E-state index contributed by atoms with van der Waals surface area (Å²) in [7, 11) is 0. The molecule has 1 heterocycles. The van der Waals surface area contributed by atoms with Gasteiger partial charge in [-0.3, -0.25) is 9.48 Å². The number of rotatable bonds is 5. The third-order valence-corrected chi connectivity index (χ3v) is 3.84. The highest BCUT2D eigenvalue weighted by atomic mass is 79.9. The van der Waals surface area contributed by atoms with Crippen LogP contribution < -0.4 is 10.1 Å². The van der Waals surface area contributed by atoms with E-state index in [1.165, 1.54) is 0 Å². The zero-order valence-electron chi connectivity index (χ0n) is 12.3. The van der Waals surface area contributed by atoms with Gasteiger partial charge in [0, 0.05) is 11.9 Å². The molecule has 1 amide bonds. The van der Waals surface area contributed by atoms with E-state index in [9.17, 15) is 4.79 Å². The molecule has 1 aromatic heterocycles. The highest BCUT2D eigenvalue weighted by Gasteiger charge is 2.17. The van der Waals surface area contributed by atoms with E-state index < -0.39 is 0 Å². The number of hydrogen-bond acceptors (Lipinski definition) is 3. The van der Waals surface area contributed by atoms with Crippen molar-refractivity contribution in [2.24, 2.45) is 0 Å². The maximum atomic E-state index is 12.2. The van der Waals surface area contributed by atoms with Gasteiger partial charge in [0.2, 0.25) is 5.91 Å². The molecule has 2 rings (SSSR count). The number of amides is 1. The Bertz CT molecular complexity index is 603. The largest absolute Gasteiger partial charge is 0.494 e. The third-order valence-electron chi connectivity index (χ3n) is 3.07. The fourth-order valence-electron chi connectivity index (χ4n) is 1.83. The SMILES string of the molecule is CCOc1ccc(NC(=O)C(C)n2cc(Br)c(C)n2)cc1. The van der Waals surface area contributed by atoms with Gasteiger partial charge in [-0.1, -0.05) is 0 Å². The monoisotopic (exact) mass is 351 g/mol. The topological polar surface area (TPSA) is 56.1 Å². The number of hydrogen-bond donors (Lipinski definition) is 1. The van der Waals surface area contributed by atoms with Gasteiger partial charge in [-0.15, -0.1) is 0 Å². The van der Waals surface area contributed by atoms with Crippen LogP contribution in [0.25, 0.3) is 0 Å². The maximum Gasteiger partial charge on any atom is 0.248 e. The average Bonchev–Trinajstić information content (AvgIpc) is 2.80. The van der Waals surface area contributed by atoms with Crippen molar-refractivity contribution in [3.05, 3.63) is 40.6 Å². The summed E-state index contributed by atoms with van der Waals surface area (Å²) in [6.45, 7) is 6.25. The first-order valence-electron chi connectivity index (χ1n) is 6.76. The summed E-state index contributed by atoms with van der Waals surface area (Å²) >= 11 is 3.39. The Morgan fingerprint density at radius 1 is 1.43 bits per heavy atom. The van der Waals surface area contributed by atoms with Crippen LogP contribution in [0.5, 0.6) is 5.75 Å². The number of halogens is 1. The number of nitrogens with zero attached hydrogens (tertiary/aromatic N) is 2. The third kappa shape index (κ3) is 3.85. The molecule has 0 aliphatic rings. The molecule has 0 saturated heterocycles. The second-order valence-corrected chi connectivity index (χ2v) is 5.52. The van der Waals surface area contributed by atoms with Crippen molar-refractivity contribution in [3.8, 4) is 5.75 Å². The highest BCUT2D eigenvalue weighted by Crippen LogP contribution is 2.19. The van der Waals surface area contributed by atoms with Crippen molar-refractivity contribution >= 4 is 27.5 Å².